The molecule has 2 nitrogen and oxygen atoms in total. The van der Waals surface area contributed by atoms with Gasteiger partial charge in [0.25, 0.3) is 0 Å². The molecule has 0 saturated heterocycles. The van der Waals surface area contributed by atoms with Crippen LogP contribution in [0.5, 0.6) is 0 Å². The highest BCUT2D eigenvalue weighted by Crippen LogP contribution is 2.32. The summed E-state index contributed by atoms with van der Waals surface area (Å²) in [6, 6.07) is 0. The van der Waals surface area contributed by atoms with Gasteiger partial charge >= 0.3 is 6.18 Å². The molecule has 0 unspecified atom stereocenters. The lowest BCUT2D eigenvalue weighted by Gasteiger charge is -2.05. The monoisotopic (exact) mass is 216 g/mol. The summed E-state index contributed by atoms with van der Waals surface area (Å²) < 4.78 is 35.9. The van der Waals surface area contributed by atoms with Crippen LogP contribution in [-0.4, -0.2) is 9.97 Å². The van der Waals surface area contributed by atoms with Crippen LogP contribution in [0.3, 0.4) is 0 Å². The summed E-state index contributed by atoms with van der Waals surface area (Å²) in [7, 11) is 0. The van der Waals surface area contributed by atoms with Crippen LogP contribution < -0.4 is 0 Å². The highest BCUT2D eigenvalue weighted by molar-refractivity contribution is 6.31. The maximum atomic E-state index is 12.0. The molecule has 0 N–H and O–H groups in total. The summed E-state index contributed by atoms with van der Waals surface area (Å²) in [6.45, 7) is 0. The van der Waals surface area contributed by atoms with Crippen LogP contribution in [0.1, 0.15) is 5.69 Å². The van der Waals surface area contributed by atoms with Crippen LogP contribution in [0.15, 0.2) is 6.20 Å². The maximum absolute atomic E-state index is 12.0. The van der Waals surface area contributed by atoms with Gasteiger partial charge in [-0.1, -0.05) is 23.2 Å². The smallest absolute Gasteiger partial charge is 0.239 e. The second-order valence-electron chi connectivity index (χ2n) is 1.83. The summed E-state index contributed by atoms with van der Waals surface area (Å²) in [4.78, 5) is 6.19. The molecule has 12 heavy (non-hydrogen) atoms. The topological polar surface area (TPSA) is 25.8 Å². The van der Waals surface area contributed by atoms with Crippen LogP contribution in [0.4, 0.5) is 13.2 Å². The van der Waals surface area contributed by atoms with Crippen molar-refractivity contribution < 1.29 is 13.2 Å². The van der Waals surface area contributed by atoms with Gasteiger partial charge in [-0.15, -0.1) is 0 Å². The molecule has 0 bridgehead atoms. The number of rotatable bonds is 0. The summed E-state index contributed by atoms with van der Waals surface area (Å²) in [5, 5.41) is -1.04. The fraction of sp³-hybridized carbons (Fsp3) is 0.200. The van der Waals surface area contributed by atoms with Gasteiger partial charge < -0.3 is 0 Å². The van der Waals surface area contributed by atoms with Crippen molar-refractivity contribution in [1.29, 1.82) is 0 Å². The third-order valence-corrected chi connectivity index (χ3v) is 1.43. The predicted octanol–water partition coefficient (Wildman–Crippen LogP) is 2.80. The minimum atomic E-state index is -4.62. The zero-order valence-corrected chi connectivity index (χ0v) is 6.87. The van der Waals surface area contributed by atoms with Crippen LogP contribution >= 0.6 is 23.2 Å². The Bertz CT molecular complexity index is 299. The molecular weight excluding hydrogens is 216 g/mol. The Morgan fingerprint density at radius 2 is 1.83 bits per heavy atom. The maximum Gasteiger partial charge on any atom is 0.436 e. The van der Waals surface area contributed by atoms with Gasteiger partial charge in [0, 0.05) is 0 Å². The Kier molecular flexibility index (Phi) is 2.44. The zero-order valence-electron chi connectivity index (χ0n) is 5.36. The molecule has 1 heterocycles. The van der Waals surface area contributed by atoms with Crippen molar-refractivity contribution in [3.05, 3.63) is 22.2 Å². The van der Waals surface area contributed by atoms with Gasteiger partial charge in [-0.25, -0.2) is 9.97 Å². The summed E-state index contributed by atoms with van der Waals surface area (Å²) in [5.41, 5.74) is -1.27. The quantitative estimate of drug-likeness (QED) is 0.667. The summed E-state index contributed by atoms with van der Waals surface area (Å²) >= 11 is 10.3. The highest BCUT2D eigenvalue weighted by Gasteiger charge is 2.36. The minimum Gasteiger partial charge on any atom is -0.239 e. The van der Waals surface area contributed by atoms with Gasteiger partial charge in [-0.3, -0.25) is 0 Å². The molecule has 0 spiro atoms. The molecule has 0 aliphatic carbocycles. The van der Waals surface area contributed by atoms with E-state index in [2.05, 4.69) is 9.97 Å². The molecule has 1 rings (SSSR count). The van der Waals surface area contributed by atoms with Crippen molar-refractivity contribution in [2.24, 2.45) is 0 Å². The number of aromatic nitrogens is 2. The van der Waals surface area contributed by atoms with Crippen LogP contribution in [0.25, 0.3) is 0 Å². The Morgan fingerprint density at radius 3 is 2.25 bits per heavy atom. The largest absolute Gasteiger partial charge is 0.436 e. The predicted molar refractivity (Wildman–Crippen MR) is 37.1 cm³/mol. The van der Waals surface area contributed by atoms with Gasteiger partial charge in [0.05, 0.1) is 6.20 Å². The SMILES string of the molecule is FC(F)(F)c1nc(Cl)cnc1Cl. The third kappa shape index (κ3) is 1.98. The van der Waals surface area contributed by atoms with E-state index < -0.39 is 17.0 Å². The van der Waals surface area contributed by atoms with E-state index in [1.165, 1.54) is 0 Å². The average Bonchev–Trinajstić information content (AvgIpc) is 1.92. The highest BCUT2D eigenvalue weighted by atomic mass is 35.5. The fourth-order valence-electron chi connectivity index (χ4n) is 0.533. The van der Waals surface area contributed by atoms with E-state index in [0.717, 1.165) is 6.20 Å². The molecule has 0 aromatic carbocycles. The lowest BCUT2D eigenvalue weighted by Crippen LogP contribution is -2.09. The van der Waals surface area contributed by atoms with Crippen molar-refractivity contribution in [3.8, 4) is 0 Å². The first-order valence-corrected chi connectivity index (χ1v) is 3.42. The molecule has 0 fully saturated rings. The first-order valence-electron chi connectivity index (χ1n) is 2.66. The molecular formula is C5HCl2F3N2. The molecule has 0 saturated carbocycles. The second-order valence-corrected chi connectivity index (χ2v) is 2.58. The van der Waals surface area contributed by atoms with E-state index in [0.29, 0.717) is 0 Å². The number of alkyl halides is 3. The number of hydrogen-bond donors (Lipinski definition) is 0. The summed E-state index contributed by atoms with van der Waals surface area (Å²) in [5.74, 6) is 0. The van der Waals surface area contributed by atoms with E-state index in [1.54, 1.807) is 0 Å². The third-order valence-electron chi connectivity index (χ3n) is 0.967. The molecule has 0 radical (unpaired) electrons. The van der Waals surface area contributed by atoms with Crippen molar-refractivity contribution >= 4 is 23.2 Å². The second kappa shape index (κ2) is 3.06. The van der Waals surface area contributed by atoms with Gasteiger partial charge in [-0.05, 0) is 0 Å². The standard InChI is InChI=1S/C5HCl2F3N2/c6-2-1-11-4(7)3(12-2)5(8,9)10/h1H. The van der Waals surface area contributed by atoms with E-state index in [-0.39, 0.29) is 5.15 Å². The first kappa shape index (κ1) is 9.54. The number of nitrogens with zero attached hydrogens (tertiary/aromatic N) is 2. The Balaban J connectivity index is 3.23. The Labute approximate surface area is 75.3 Å². The lowest BCUT2D eigenvalue weighted by molar-refractivity contribution is -0.141. The average molecular weight is 217 g/mol. The molecule has 0 atom stereocenters. The van der Waals surface area contributed by atoms with Crippen molar-refractivity contribution in [1.82, 2.24) is 9.97 Å². The molecule has 7 heteroatoms. The van der Waals surface area contributed by atoms with Gasteiger partial charge in [-0.2, -0.15) is 13.2 Å². The lowest BCUT2D eigenvalue weighted by atomic mass is 10.4. The van der Waals surface area contributed by atoms with Gasteiger partial charge in [0.15, 0.2) is 10.8 Å². The normalized spacial score (nSPS) is 11.8. The zero-order chi connectivity index (χ0) is 9.35. The Hall–Kier alpha value is -0.550. The number of halogens is 5. The van der Waals surface area contributed by atoms with Crippen LogP contribution in [-0.2, 0) is 6.18 Å². The van der Waals surface area contributed by atoms with Crippen molar-refractivity contribution in [3.63, 3.8) is 0 Å². The van der Waals surface area contributed by atoms with E-state index in [9.17, 15) is 13.2 Å². The Morgan fingerprint density at radius 1 is 1.25 bits per heavy atom. The van der Waals surface area contributed by atoms with E-state index in [1.807, 2.05) is 0 Å². The molecule has 0 aliphatic heterocycles. The number of hydrogen-bond acceptors (Lipinski definition) is 2. The van der Waals surface area contributed by atoms with Gasteiger partial charge in [0.2, 0.25) is 0 Å². The first-order chi connectivity index (χ1) is 5.41. The van der Waals surface area contributed by atoms with E-state index >= 15 is 0 Å². The van der Waals surface area contributed by atoms with Crippen molar-refractivity contribution in [2.45, 2.75) is 6.18 Å². The van der Waals surface area contributed by atoms with Crippen molar-refractivity contribution in [2.75, 3.05) is 0 Å². The van der Waals surface area contributed by atoms with E-state index in [4.69, 9.17) is 23.2 Å². The summed E-state index contributed by atoms with van der Waals surface area (Å²) in [6.07, 6.45) is -3.67. The van der Waals surface area contributed by atoms with Gasteiger partial charge in [0.1, 0.15) is 5.15 Å². The fourth-order valence-corrected chi connectivity index (χ4v) is 0.865. The van der Waals surface area contributed by atoms with Crippen LogP contribution in [0.2, 0.25) is 10.3 Å². The molecule has 1 aromatic rings. The molecule has 66 valence electrons. The van der Waals surface area contributed by atoms with Crippen LogP contribution in [0, 0.1) is 0 Å². The minimum absolute atomic E-state index is 0.341. The molecule has 0 amide bonds. The molecule has 0 aliphatic rings. The molecule has 1 aromatic heterocycles.